The number of imidazole rings is 1. The van der Waals surface area contributed by atoms with Gasteiger partial charge in [-0.05, 0) is 12.1 Å². The van der Waals surface area contributed by atoms with Crippen LogP contribution in [0.5, 0.6) is 0 Å². The Labute approximate surface area is 96.8 Å². The zero-order valence-electron chi connectivity index (χ0n) is 7.16. The van der Waals surface area contributed by atoms with Gasteiger partial charge in [-0.25, -0.2) is 9.97 Å². The molecule has 0 unspecified atom stereocenters. The summed E-state index contributed by atoms with van der Waals surface area (Å²) < 4.78 is 0. The van der Waals surface area contributed by atoms with Crippen LogP contribution < -0.4 is 29.0 Å². The molecule has 0 fully saturated rings. The minimum absolute atomic E-state index is 0. The SMILES string of the molecule is [I-].c1ccc2nc3[nH+]c[nH]c3nc2c1. The first kappa shape index (κ1) is 9.32. The van der Waals surface area contributed by atoms with Gasteiger partial charge in [0.2, 0.25) is 0 Å². The molecule has 2 aromatic heterocycles. The van der Waals surface area contributed by atoms with Crippen LogP contribution in [0, 0.1) is 0 Å². The van der Waals surface area contributed by atoms with E-state index >= 15 is 0 Å². The highest BCUT2D eigenvalue weighted by molar-refractivity contribution is 5.80. The summed E-state index contributed by atoms with van der Waals surface area (Å²) in [6.07, 6.45) is 1.73. The third kappa shape index (κ3) is 1.33. The van der Waals surface area contributed by atoms with Gasteiger partial charge in [-0.2, -0.15) is 0 Å². The molecule has 0 radical (unpaired) electrons. The maximum Gasteiger partial charge on any atom is 0.320 e. The molecule has 2 heterocycles. The van der Waals surface area contributed by atoms with Crippen LogP contribution in [0.15, 0.2) is 30.6 Å². The zero-order chi connectivity index (χ0) is 8.67. The molecule has 14 heavy (non-hydrogen) atoms. The number of para-hydroxylation sites is 2. The fourth-order valence-electron chi connectivity index (χ4n) is 1.37. The molecule has 0 aliphatic heterocycles. The van der Waals surface area contributed by atoms with E-state index in [-0.39, 0.29) is 24.0 Å². The number of H-pyrrole nitrogens is 2. The fourth-order valence-corrected chi connectivity index (χ4v) is 1.37. The van der Waals surface area contributed by atoms with Crippen molar-refractivity contribution in [3.05, 3.63) is 30.6 Å². The van der Waals surface area contributed by atoms with Gasteiger partial charge in [0.25, 0.3) is 5.65 Å². The van der Waals surface area contributed by atoms with Crippen molar-refractivity contribution in [2.45, 2.75) is 0 Å². The quantitative estimate of drug-likeness (QED) is 0.485. The number of hydrogen-bond donors (Lipinski definition) is 1. The minimum Gasteiger partial charge on any atom is -1.00 e. The lowest BCUT2D eigenvalue weighted by molar-refractivity contribution is -0.347. The van der Waals surface area contributed by atoms with E-state index in [1.165, 1.54) is 0 Å². The number of hydrogen-bond acceptors (Lipinski definition) is 2. The third-order valence-electron chi connectivity index (χ3n) is 1.99. The van der Waals surface area contributed by atoms with Gasteiger partial charge in [0.05, 0.1) is 0 Å². The van der Waals surface area contributed by atoms with E-state index in [1.54, 1.807) is 6.33 Å². The Morgan fingerprint density at radius 2 is 1.79 bits per heavy atom. The van der Waals surface area contributed by atoms with E-state index < -0.39 is 0 Å². The molecule has 2 N–H and O–H groups in total. The summed E-state index contributed by atoms with van der Waals surface area (Å²) in [5.41, 5.74) is 3.40. The Morgan fingerprint density at radius 1 is 1.07 bits per heavy atom. The Bertz CT molecular complexity index is 525. The summed E-state index contributed by atoms with van der Waals surface area (Å²) in [7, 11) is 0. The summed E-state index contributed by atoms with van der Waals surface area (Å²) in [4.78, 5) is 14.7. The van der Waals surface area contributed by atoms with Crippen LogP contribution in [0.3, 0.4) is 0 Å². The Balaban J connectivity index is 0.000000750. The molecule has 1 aromatic carbocycles. The van der Waals surface area contributed by atoms with Crippen LogP contribution in [-0.2, 0) is 0 Å². The highest BCUT2D eigenvalue weighted by atomic mass is 127. The second kappa shape index (κ2) is 3.49. The average molecular weight is 298 g/mol. The van der Waals surface area contributed by atoms with Crippen molar-refractivity contribution in [2.24, 2.45) is 0 Å². The fraction of sp³-hybridized carbons (Fsp3) is 0. The number of fused-ring (bicyclic) bond motifs is 2. The highest BCUT2D eigenvalue weighted by Gasteiger charge is 2.07. The predicted molar refractivity (Wildman–Crippen MR) is 48.0 cm³/mol. The normalized spacial score (nSPS) is 10.3. The summed E-state index contributed by atoms with van der Waals surface area (Å²) >= 11 is 0. The predicted octanol–water partition coefficient (Wildman–Crippen LogP) is -2.07. The van der Waals surface area contributed by atoms with Gasteiger partial charge < -0.3 is 24.0 Å². The smallest absolute Gasteiger partial charge is 0.320 e. The standard InChI is InChI=1S/C9H6N4.HI/c1-2-4-7-6(3-1)12-8-9(13-7)11-5-10-8;/h1-5H,(H,10,11,12,13);1H. The maximum absolute atomic E-state index is 4.39. The van der Waals surface area contributed by atoms with Crippen molar-refractivity contribution in [3.8, 4) is 0 Å². The lowest BCUT2D eigenvalue weighted by Crippen LogP contribution is -3.00. The molecule has 3 aromatic rings. The maximum atomic E-state index is 4.39. The largest absolute Gasteiger partial charge is 1.00 e. The molecule has 0 aliphatic rings. The van der Waals surface area contributed by atoms with Crippen molar-refractivity contribution in [2.75, 3.05) is 0 Å². The third-order valence-corrected chi connectivity index (χ3v) is 1.99. The van der Waals surface area contributed by atoms with Gasteiger partial charge in [0.15, 0.2) is 11.8 Å². The van der Waals surface area contributed by atoms with Gasteiger partial charge in [0.1, 0.15) is 5.52 Å². The molecule has 0 saturated heterocycles. The number of halogens is 1. The topological polar surface area (TPSA) is 55.7 Å². The number of aromatic amines is 2. The minimum atomic E-state index is 0. The monoisotopic (exact) mass is 298 g/mol. The van der Waals surface area contributed by atoms with Crippen LogP contribution in [0.4, 0.5) is 0 Å². The van der Waals surface area contributed by atoms with Crippen LogP contribution in [0.2, 0.25) is 0 Å². The first-order valence-electron chi connectivity index (χ1n) is 4.05. The molecule has 0 atom stereocenters. The number of aromatic nitrogens is 4. The summed E-state index contributed by atoms with van der Waals surface area (Å²) in [5, 5.41) is 0. The lowest BCUT2D eigenvalue weighted by atomic mass is 10.3. The number of rotatable bonds is 0. The van der Waals surface area contributed by atoms with E-state index in [0.717, 1.165) is 22.3 Å². The van der Waals surface area contributed by atoms with E-state index in [2.05, 4.69) is 19.9 Å². The Morgan fingerprint density at radius 3 is 2.57 bits per heavy atom. The van der Waals surface area contributed by atoms with Crippen molar-refractivity contribution < 1.29 is 29.0 Å². The number of nitrogens with zero attached hydrogens (tertiary/aromatic N) is 2. The van der Waals surface area contributed by atoms with Gasteiger partial charge in [0, 0.05) is 0 Å². The van der Waals surface area contributed by atoms with E-state index in [9.17, 15) is 0 Å². The molecule has 0 amide bonds. The molecule has 0 saturated carbocycles. The van der Waals surface area contributed by atoms with Gasteiger partial charge in [-0.1, -0.05) is 17.1 Å². The average Bonchev–Trinajstić information content (AvgIpc) is 2.61. The van der Waals surface area contributed by atoms with Crippen LogP contribution in [0.25, 0.3) is 22.3 Å². The summed E-state index contributed by atoms with van der Waals surface area (Å²) in [5.74, 6) is 0. The van der Waals surface area contributed by atoms with Crippen molar-refractivity contribution in [1.29, 1.82) is 0 Å². The lowest BCUT2D eigenvalue weighted by Gasteiger charge is -1.88. The molecule has 3 rings (SSSR count). The van der Waals surface area contributed by atoms with Gasteiger partial charge >= 0.3 is 5.65 Å². The van der Waals surface area contributed by atoms with Crippen molar-refractivity contribution in [1.82, 2.24) is 15.0 Å². The molecule has 5 heteroatoms. The van der Waals surface area contributed by atoms with Crippen LogP contribution in [0.1, 0.15) is 0 Å². The molecule has 0 aliphatic carbocycles. The van der Waals surface area contributed by atoms with Gasteiger partial charge in [-0.3, -0.25) is 4.98 Å². The number of nitrogens with one attached hydrogen (secondary N) is 2. The molecule has 4 nitrogen and oxygen atoms in total. The van der Waals surface area contributed by atoms with E-state index in [4.69, 9.17) is 0 Å². The first-order chi connectivity index (χ1) is 6.43. The zero-order valence-corrected chi connectivity index (χ0v) is 9.32. The van der Waals surface area contributed by atoms with E-state index in [1.807, 2.05) is 24.3 Å². The Kier molecular flexibility index (Phi) is 2.32. The molecular formula is C9H7IN4. The summed E-state index contributed by atoms with van der Waals surface area (Å²) in [6.45, 7) is 0. The highest BCUT2D eigenvalue weighted by Crippen LogP contribution is 2.10. The Hall–Kier alpha value is -1.24. The number of benzene rings is 1. The molecule has 0 bridgehead atoms. The van der Waals surface area contributed by atoms with Gasteiger partial charge in [-0.15, -0.1) is 0 Å². The second-order valence-corrected chi connectivity index (χ2v) is 2.84. The van der Waals surface area contributed by atoms with Crippen molar-refractivity contribution >= 4 is 22.3 Å². The van der Waals surface area contributed by atoms with E-state index in [0.29, 0.717) is 0 Å². The van der Waals surface area contributed by atoms with Crippen molar-refractivity contribution in [3.63, 3.8) is 0 Å². The van der Waals surface area contributed by atoms with Crippen LogP contribution in [-0.4, -0.2) is 15.0 Å². The summed E-state index contributed by atoms with van der Waals surface area (Å²) in [6, 6.07) is 7.80. The second-order valence-electron chi connectivity index (χ2n) is 2.84. The first-order valence-corrected chi connectivity index (χ1v) is 4.05. The molecule has 0 spiro atoms. The molecule has 70 valence electrons. The molecular weight excluding hydrogens is 291 g/mol. The van der Waals surface area contributed by atoms with Crippen LogP contribution >= 0.6 is 0 Å².